The maximum Gasteiger partial charge on any atom is 0.410 e. The van der Waals surface area contributed by atoms with Gasteiger partial charge in [-0.1, -0.05) is 0 Å². The highest BCUT2D eigenvalue weighted by Gasteiger charge is 2.62. The number of rotatable bonds is 1. The van der Waals surface area contributed by atoms with Gasteiger partial charge in [-0.3, -0.25) is 0 Å². The van der Waals surface area contributed by atoms with Crippen molar-refractivity contribution in [3.8, 4) is 0 Å². The van der Waals surface area contributed by atoms with E-state index in [0.717, 1.165) is 25.2 Å². The number of fused-ring (bicyclic) bond motifs is 2. The lowest BCUT2D eigenvalue weighted by Gasteiger charge is -2.26. The first-order valence-corrected chi connectivity index (χ1v) is 7.80. The molecule has 2 aromatic rings. The molecule has 2 atom stereocenters. The molecule has 1 saturated carbocycles. The number of nitrogens with one attached hydrogen (secondary N) is 1. The molecule has 1 aliphatic heterocycles. The Balaban J connectivity index is 1.59. The molecule has 5 nitrogen and oxygen atoms in total. The van der Waals surface area contributed by atoms with Crippen molar-refractivity contribution in [2.75, 3.05) is 13.1 Å². The number of pyridine rings is 1. The van der Waals surface area contributed by atoms with E-state index in [1.165, 1.54) is 10.9 Å². The van der Waals surface area contributed by atoms with E-state index in [0.29, 0.717) is 5.92 Å². The van der Waals surface area contributed by atoms with Gasteiger partial charge in [-0.25, -0.2) is 9.78 Å². The number of nitrogens with zero attached hydrogens (tertiary/aromatic N) is 2. The second-order valence-electron chi connectivity index (χ2n) is 7.52. The first-order valence-electron chi connectivity index (χ1n) is 7.80. The SMILES string of the molecule is CC(C)(C)OC(=O)N1CC2CC2(c2c[nH]c3ncccc23)C1. The molecule has 116 valence electrons. The van der Waals surface area contributed by atoms with Crippen LogP contribution >= 0.6 is 0 Å². The van der Waals surface area contributed by atoms with Crippen LogP contribution in [-0.4, -0.2) is 39.7 Å². The van der Waals surface area contributed by atoms with Crippen molar-refractivity contribution in [2.24, 2.45) is 5.92 Å². The molecular weight excluding hydrogens is 278 g/mol. The van der Waals surface area contributed by atoms with E-state index >= 15 is 0 Å². The minimum Gasteiger partial charge on any atom is -0.444 e. The summed E-state index contributed by atoms with van der Waals surface area (Å²) in [6.07, 6.45) is 4.81. The lowest BCUT2D eigenvalue weighted by atomic mass is 9.95. The standard InChI is InChI=1S/C17H21N3O2/c1-16(2,3)22-15(21)20-9-11-7-17(11,10-20)13-8-19-14-12(13)5-4-6-18-14/h4-6,8,11H,7,9-10H2,1-3H3,(H,18,19). The summed E-state index contributed by atoms with van der Waals surface area (Å²) in [5.41, 5.74) is 1.87. The third-order valence-corrected chi connectivity index (χ3v) is 4.78. The third kappa shape index (κ3) is 1.99. The van der Waals surface area contributed by atoms with Crippen LogP contribution in [0.3, 0.4) is 0 Å². The fraction of sp³-hybridized carbons (Fsp3) is 0.529. The molecule has 5 heteroatoms. The summed E-state index contributed by atoms with van der Waals surface area (Å²) < 4.78 is 5.51. The van der Waals surface area contributed by atoms with Crippen LogP contribution in [-0.2, 0) is 10.2 Å². The van der Waals surface area contributed by atoms with Crippen LogP contribution in [0.1, 0.15) is 32.8 Å². The zero-order valence-corrected chi connectivity index (χ0v) is 13.2. The smallest absolute Gasteiger partial charge is 0.410 e. The zero-order valence-electron chi connectivity index (χ0n) is 13.2. The molecule has 2 fully saturated rings. The predicted octanol–water partition coefficient (Wildman–Crippen LogP) is 3.07. The lowest BCUT2D eigenvalue weighted by Crippen LogP contribution is -2.37. The van der Waals surface area contributed by atoms with Crippen LogP contribution in [0.25, 0.3) is 11.0 Å². The van der Waals surface area contributed by atoms with Crippen LogP contribution in [0.5, 0.6) is 0 Å². The number of hydrogen-bond donors (Lipinski definition) is 1. The molecule has 4 rings (SSSR count). The molecule has 0 radical (unpaired) electrons. The lowest BCUT2D eigenvalue weighted by molar-refractivity contribution is 0.0270. The fourth-order valence-corrected chi connectivity index (χ4v) is 3.73. The van der Waals surface area contributed by atoms with Crippen LogP contribution in [0.15, 0.2) is 24.5 Å². The number of ether oxygens (including phenoxy) is 1. The molecule has 2 aromatic heterocycles. The van der Waals surface area contributed by atoms with Gasteiger partial charge >= 0.3 is 6.09 Å². The van der Waals surface area contributed by atoms with Crippen LogP contribution in [0.4, 0.5) is 4.79 Å². The minimum atomic E-state index is -0.443. The number of piperidine rings is 1. The number of hydrogen-bond acceptors (Lipinski definition) is 3. The number of amides is 1. The van der Waals surface area contributed by atoms with E-state index in [2.05, 4.69) is 22.2 Å². The number of aromatic amines is 1. The summed E-state index contributed by atoms with van der Waals surface area (Å²) in [5.74, 6) is 0.541. The second kappa shape index (κ2) is 4.24. The highest BCUT2D eigenvalue weighted by Crippen LogP contribution is 2.60. The van der Waals surface area contributed by atoms with Gasteiger partial charge in [-0.15, -0.1) is 0 Å². The Labute approximate surface area is 129 Å². The van der Waals surface area contributed by atoms with E-state index in [-0.39, 0.29) is 11.5 Å². The topological polar surface area (TPSA) is 58.2 Å². The van der Waals surface area contributed by atoms with Crippen molar-refractivity contribution < 1.29 is 9.53 Å². The van der Waals surface area contributed by atoms with Crippen molar-refractivity contribution in [2.45, 2.75) is 38.2 Å². The van der Waals surface area contributed by atoms with E-state index in [9.17, 15) is 4.79 Å². The molecule has 0 bridgehead atoms. The van der Waals surface area contributed by atoms with Crippen molar-refractivity contribution in [1.82, 2.24) is 14.9 Å². The Morgan fingerprint density at radius 1 is 1.50 bits per heavy atom. The number of H-pyrrole nitrogens is 1. The van der Waals surface area contributed by atoms with E-state index in [1.54, 1.807) is 6.20 Å². The fourth-order valence-electron chi connectivity index (χ4n) is 3.73. The predicted molar refractivity (Wildman–Crippen MR) is 83.7 cm³/mol. The summed E-state index contributed by atoms with van der Waals surface area (Å²) in [4.78, 5) is 21.8. The average Bonchev–Trinajstić information content (AvgIpc) is 2.85. The normalized spacial score (nSPS) is 27.0. The van der Waals surface area contributed by atoms with E-state index in [4.69, 9.17) is 4.74 Å². The molecule has 1 saturated heterocycles. The van der Waals surface area contributed by atoms with Gasteiger partial charge in [0.05, 0.1) is 0 Å². The van der Waals surface area contributed by atoms with E-state index in [1.807, 2.05) is 31.7 Å². The molecule has 1 amide bonds. The van der Waals surface area contributed by atoms with Crippen molar-refractivity contribution in [3.63, 3.8) is 0 Å². The Morgan fingerprint density at radius 2 is 2.32 bits per heavy atom. The van der Waals surface area contributed by atoms with Gasteiger partial charge in [-0.2, -0.15) is 0 Å². The van der Waals surface area contributed by atoms with E-state index < -0.39 is 5.60 Å². The molecule has 2 aliphatic rings. The highest BCUT2D eigenvalue weighted by molar-refractivity contribution is 5.82. The molecule has 0 spiro atoms. The van der Waals surface area contributed by atoms with Crippen molar-refractivity contribution in [1.29, 1.82) is 0 Å². The maximum absolute atomic E-state index is 12.3. The van der Waals surface area contributed by atoms with Gasteiger partial charge in [0.25, 0.3) is 0 Å². The molecular formula is C17H21N3O2. The molecule has 2 unspecified atom stereocenters. The van der Waals surface area contributed by atoms with Gasteiger partial charge in [0.15, 0.2) is 0 Å². The highest BCUT2D eigenvalue weighted by atomic mass is 16.6. The zero-order chi connectivity index (χ0) is 15.5. The first-order chi connectivity index (χ1) is 10.4. The molecule has 22 heavy (non-hydrogen) atoms. The quantitative estimate of drug-likeness (QED) is 0.880. The Hall–Kier alpha value is -2.04. The number of carbonyl (C=O) groups excluding carboxylic acids is 1. The number of aromatic nitrogens is 2. The van der Waals surface area contributed by atoms with Crippen molar-refractivity contribution >= 4 is 17.1 Å². The van der Waals surface area contributed by atoms with Crippen molar-refractivity contribution in [3.05, 3.63) is 30.1 Å². The largest absolute Gasteiger partial charge is 0.444 e. The number of carbonyl (C=O) groups is 1. The van der Waals surface area contributed by atoms with Gasteiger partial charge in [0, 0.05) is 36.3 Å². The Bertz CT molecular complexity index is 746. The van der Waals surface area contributed by atoms with Gasteiger partial charge < -0.3 is 14.6 Å². The first kappa shape index (κ1) is 13.6. The Kier molecular flexibility index (Phi) is 2.63. The van der Waals surface area contributed by atoms with Crippen LogP contribution in [0, 0.1) is 5.92 Å². The second-order valence-corrected chi connectivity index (χ2v) is 7.52. The molecule has 0 aromatic carbocycles. The molecule has 1 N–H and O–H groups in total. The van der Waals surface area contributed by atoms with Gasteiger partial charge in [0.2, 0.25) is 0 Å². The average molecular weight is 299 g/mol. The minimum absolute atomic E-state index is 0.0954. The monoisotopic (exact) mass is 299 g/mol. The summed E-state index contributed by atoms with van der Waals surface area (Å²) in [6.45, 7) is 7.25. The maximum atomic E-state index is 12.3. The summed E-state index contributed by atoms with van der Waals surface area (Å²) in [5, 5.41) is 1.18. The molecule has 3 heterocycles. The van der Waals surface area contributed by atoms with Crippen LogP contribution < -0.4 is 0 Å². The summed E-state index contributed by atoms with van der Waals surface area (Å²) in [6, 6.07) is 4.07. The summed E-state index contributed by atoms with van der Waals surface area (Å²) >= 11 is 0. The molecule has 1 aliphatic carbocycles. The number of likely N-dealkylation sites (tertiary alicyclic amines) is 1. The van der Waals surface area contributed by atoms with Gasteiger partial charge in [-0.05, 0) is 50.8 Å². The third-order valence-electron chi connectivity index (χ3n) is 4.78. The van der Waals surface area contributed by atoms with Crippen LogP contribution in [0.2, 0.25) is 0 Å². The Morgan fingerprint density at radius 3 is 3.09 bits per heavy atom. The summed E-state index contributed by atoms with van der Waals surface area (Å²) in [7, 11) is 0. The van der Waals surface area contributed by atoms with Gasteiger partial charge in [0.1, 0.15) is 11.2 Å².